The van der Waals surface area contributed by atoms with Crippen LogP contribution in [0.5, 0.6) is 11.6 Å². The number of methoxy groups -OCH3 is 1. The van der Waals surface area contributed by atoms with Crippen LogP contribution in [-0.2, 0) is 4.79 Å². The van der Waals surface area contributed by atoms with Crippen molar-refractivity contribution < 1.29 is 23.5 Å². The van der Waals surface area contributed by atoms with Crippen molar-refractivity contribution in [2.45, 2.75) is 25.0 Å². The van der Waals surface area contributed by atoms with Gasteiger partial charge in [0.15, 0.2) is 0 Å². The third kappa shape index (κ3) is 7.03. The number of likely N-dealkylation sites (tertiary alicyclic amines) is 1. The average Bonchev–Trinajstić information content (AvgIpc) is 2.99. The highest BCUT2D eigenvalue weighted by Gasteiger charge is 2.33. The average molecular weight is 590 g/mol. The number of anilines is 4. The number of nitrogens with one attached hydrogen (secondary N) is 2. The molecule has 12 heteroatoms. The third-order valence-corrected chi connectivity index (χ3v) is 7.69. The number of ether oxygens (including phenoxy) is 2. The van der Waals surface area contributed by atoms with Crippen LogP contribution in [0, 0.1) is 5.82 Å². The van der Waals surface area contributed by atoms with Gasteiger partial charge in [0, 0.05) is 43.0 Å². The highest BCUT2D eigenvalue weighted by atomic mass is 19.1. The Hall–Kier alpha value is -4.71. The monoisotopic (exact) mass is 589 g/mol. The molecule has 11 nitrogen and oxygen atoms in total. The Morgan fingerprint density at radius 3 is 2.47 bits per heavy atom. The molecule has 0 atom stereocenters. The van der Waals surface area contributed by atoms with Crippen molar-refractivity contribution in [2.75, 3.05) is 62.9 Å². The summed E-state index contributed by atoms with van der Waals surface area (Å²) >= 11 is 0. The van der Waals surface area contributed by atoms with Crippen LogP contribution >= 0.6 is 0 Å². The molecule has 0 radical (unpaired) electrons. The first-order valence-electron chi connectivity index (χ1n) is 14.1. The van der Waals surface area contributed by atoms with E-state index in [2.05, 4.69) is 51.1 Å². The maximum Gasteiger partial charge on any atom is 0.254 e. The molecule has 2 aliphatic heterocycles. The van der Waals surface area contributed by atoms with Crippen LogP contribution in [0.4, 0.5) is 27.4 Å². The van der Waals surface area contributed by atoms with Crippen LogP contribution in [0.15, 0.2) is 61.3 Å². The van der Waals surface area contributed by atoms with Gasteiger partial charge in [0.1, 0.15) is 17.7 Å². The molecule has 5 rings (SSSR count). The van der Waals surface area contributed by atoms with E-state index in [9.17, 15) is 14.0 Å². The molecule has 2 aliphatic rings. The molecule has 3 heterocycles. The van der Waals surface area contributed by atoms with Crippen LogP contribution in [0.25, 0.3) is 0 Å². The van der Waals surface area contributed by atoms with Crippen molar-refractivity contribution in [3.63, 3.8) is 0 Å². The predicted molar refractivity (Wildman–Crippen MR) is 163 cm³/mol. The van der Waals surface area contributed by atoms with Gasteiger partial charge in [0.05, 0.1) is 37.3 Å². The summed E-state index contributed by atoms with van der Waals surface area (Å²) in [5, 5.41) is 6.11. The Morgan fingerprint density at radius 2 is 1.81 bits per heavy atom. The van der Waals surface area contributed by atoms with Gasteiger partial charge >= 0.3 is 0 Å². The van der Waals surface area contributed by atoms with Gasteiger partial charge in [-0.3, -0.25) is 9.59 Å². The van der Waals surface area contributed by atoms with Crippen LogP contribution in [-0.4, -0.2) is 91.1 Å². The minimum Gasteiger partial charge on any atom is -0.494 e. The molecule has 1 aromatic heterocycles. The van der Waals surface area contributed by atoms with Gasteiger partial charge in [0.25, 0.3) is 5.91 Å². The standard InChI is InChI=1S/C31H36FN7O4/c1-5-28(40)34-24-16-25(27(42-4)17-26(24)38-14-11-22(12-15-38)37(2)3)35-31-33-13-10-29(36-31)43-23-18-39(19-23)30(41)20-6-8-21(32)9-7-20/h5-10,13,16-17,22-23H,1,11-12,14-15,18-19H2,2-4H3,(H,34,40)(H,33,35,36). The Morgan fingerprint density at radius 1 is 1.09 bits per heavy atom. The van der Waals surface area contributed by atoms with E-state index in [0.717, 1.165) is 31.6 Å². The SMILES string of the molecule is C=CC(=O)Nc1cc(Nc2nccc(OC3CN(C(=O)c4ccc(F)cc4)C3)n2)c(OC)cc1N1CCC(N(C)C)CC1. The first kappa shape index (κ1) is 29.8. The predicted octanol–water partition coefficient (Wildman–Crippen LogP) is 3.93. The van der Waals surface area contributed by atoms with E-state index in [0.29, 0.717) is 47.7 Å². The second-order valence-electron chi connectivity index (χ2n) is 10.7. The molecule has 2 aromatic carbocycles. The molecular weight excluding hydrogens is 553 g/mol. The molecule has 43 heavy (non-hydrogen) atoms. The second kappa shape index (κ2) is 13.1. The topological polar surface area (TPSA) is 112 Å². The number of nitrogens with zero attached hydrogens (tertiary/aromatic N) is 5. The third-order valence-electron chi connectivity index (χ3n) is 7.69. The zero-order valence-electron chi connectivity index (χ0n) is 24.5. The fourth-order valence-corrected chi connectivity index (χ4v) is 5.22. The Kier molecular flexibility index (Phi) is 9.05. The summed E-state index contributed by atoms with van der Waals surface area (Å²) in [4.78, 5) is 39.9. The van der Waals surface area contributed by atoms with Gasteiger partial charge in [-0.2, -0.15) is 4.98 Å². The number of benzene rings is 2. The van der Waals surface area contributed by atoms with Gasteiger partial charge in [-0.05, 0) is 63.3 Å². The number of hydrogen-bond acceptors (Lipinski definition) is 9. The van der Waals surface area contributed by atoms with Gasteiger partial charge in [-0.25, -0.2) is 9.37 Å². The maximum atomic E-state index is 13.2. The van der Waals surface area contributed by atoms with Crippen molar-refractivity contribution in [3.05, 3.63) is 72.7 Å². The van der Waals surface area contributed by atoms with Crippen LogP contribution in [0.1, 0.15) is 23.2 Å². The summed E-state index contributed by atoms with van der Waals surface area (Å²) in [6.45, 7) is 6.04. The Balaban J connectivity index is 1.28. The fourth-order valence-electron chi connectivity index (χ4n) is 5.22. The first-order valence-corrected chi connectivity index (χ1v) is 14.1. The zero-order chi connectivity index (χ0) is 30.5. The van der Waals surface area contributed by atoms with E-state index in [4.69, 9.17) is 9.47 Å². The number of piperidine rings is 1. The molecule has 226 valence electrons. The Bertz CT molecular complexity index is 1470. The molecule has 0 unspecified atom stereocenters. The lowest BCUT2D eigenvalue weighted by molar-refractivity contribution is -0.111. The number of aromatic nitrogens is 2. The van der Waals surface area contributed by atoms with E-state index >= 15 is 0 Å². The highest BCUT2D eigenvalue weighted by molar-refractivity contribution is 6.02. The summed E-state index contributed by atoms with van der Waals surface area (Å²) in [7, 11) is 5.78. The number of halogens is 1. The van der Waals surface area contributed by atoms with Crippen LogP contribution < -0.4 is 25.0 Å². The van der Waals surface area contributed by atoms with Crippen molar-refractivity contribution in [1.29, 1.82) is 0 Å². The van der Waals surface area contributed by atoms with Gasteiger partial charge < -0.3 is 34.8 Å². The molecular formula is C31H36FN7O4. The molecule has 0 aliphatic carbocycles. The Labute approximate surface area is 250 Å². The minimum atomic E-state index is -0.388. The van der Waals surface area contributed by atoms with Crippen molar-refractivity contribution in [2.24, 2.45) is 0 Å². The smallest absolute Gasteiger partial charge is 0.254 e. The maximum absolute atomic E-state index is 13.2. The van der Waals surface area contributed by atoms with Crippen LogP contribution in [0.3, 0.4) is 0 Å². The van der Waals surface area contributed by atoms with Crippen molar-refractivity contribution in [3.8, 4) is 11.6 Å². The van der Waals surface area contributed by atoms with Gasteiger partial charge in [0.2, 0.25) is 17.7 Å². The molecule has 3 aromatic rings. The summed E-state index contributed by atoms with van der Waals surface area (Å²) in [5.74, 6) is 0.290. The van der Waals surface area contributed by atoms with Crippen molar-refractivity contribution in [1.82, 2.24) is 19.8 Å². The van der Waals surface area contributed by atoms with Crippen molar-refractivity contribution >= 4 is 34.8 Å². The lowest BCUT2D eigenvalue weighted by Crippen LogP contribution is -2.56. The largest absolute Gasteiger partial charge is 0.494 e. The molecule has 2 fully saturated rings. The lowest BCUT2D eigenvalue weighted by Gasteiger charge is -2.38. The molecule has 0 saturated carbocycles. The minimum absolute atomic E-state index is 0.179. The lowest BCUT2D eigenvalue weighted by atomic mass is 10.0. The summed E-state index contributed by atoms with van der Waals surface area (Å²) < 4.78 is 24.9. The van der Waals surface area contributed by atoms with E-state index < -0.39 is 0 Å². The summed E-state index contributed by atoms with van der Waals surface area (Å²) in [5.41, 5.74) is 2.46. The number of amides is 2. The number of hydrogen-bond donors (Lipinski definition) is 2. The fraction of sp³-hybridized carbons (Fsp3) is 0.355. The van der Waals surface area contributed by atoms with E-state index in [1.165, 1.54) is 30.3 Å². The molecule has 2 saturated heterocycles. The van der Waals surface area contributed by atoms with Crippen LogP contribution in [0.2, 0.25) is 0 Å². The highest BCUT2D eigenvalue weighted by Crippen LogP contribution is 2.39. The normalized spacial score (nSPS) is 15.6. The second-order valence-corrected chi connectivity index (χ2v) is 10.7. The first-order chi connectivity index (χ1) is 20.7. The molecule has 2 N–H and O–H groups in total. The summed E-state index contributed by atoms with van der Waals surface area (Å²) in [6.07, 6.45) is 4.57. The number of rotatable bonds is 10. The molecule has 2 amide bonds. The number of carbonyl (C=O) groups excluding carboxylic acids is 2. The van der Waals surface area contributed by atoms with Gasteiger partial charge in [-0.1, -0.05) is 6.58 Å². The zero-order valence-corrected chi connectivity index (χ0v) is 24.5. The molecule has 0 bridgehead atoms. The van der Waals surface area contributed by atoms with E-state index in [1.807, 2.05) is 6.07 Å². The number of carbonyl (C=O) groups is 2. The summed E-state index contributed by atoms with van der Waals surface area (Å²) in [6, 6.07) is 11.3. The molecule has 0 spiro atoms. The van der Waals surface area contributed by atoms with E-state index in [-0.39, 0.29) is 29.7 Å². The van der Waals surface area contributed by atoms with E-state index in [1.54, 1.807) is 30.3 Å². The quantitative estimate of drug-likeness (QED) is 0.340. The van der Waals surface area contributed by atoms with Gasteiger partial charge in [-0.15, -0.1) is 0 Å².